The molecule has 0 heterocycles. The highest BCUT2D eigenvalue weighted by molar-refractivity contribution is 6.31. The fraction of sp³-hybridized carbons (Fsp3) is 0.263. The molecule has 0 aliphatic heterocycles. The quantitative estimate of drug-likeness (QED) is 0.844. The van der Waals surface area contributed by atoms with Gasteiger partial charge in [-0.2, -0.15) is 0 Å². The number of nitrogens with one attached hydrogen (secondary N) is 1. The van der Waals surface area contributed by atoms with E-state index in [0.717, 1.165) is 29.0 Å². The van der Waals surface area contributed by atoms with Crippen LogP contribution < -0.4 is 5.32 Å². The van der Waals surface area contributed by atoms with Crippen molar-refractivity contribution in [3.8, 4) is 0 Å². The van der Waals surface area contributed by atoms with Crippen molar-refractivity contribution in [2.45, 2.75) is 24.7 Å². The molecule has 4 nitrogen and oxygen atoms in total. The number of aromatic carboxylic acids is 1. The number of halogens is 1. The van der Waals surface area contributed by atoms with Gasteiger partial charge < -0.3 is 10.4 Å². The first kappa shape index (κ1) is 16.5. The van der Waals surface area contributed by atoms with Crippen LogP contribution in [0.2, 0.25) is 5.02 Å². The van der Waals surface area contributed by atoms with E-state index in [4.69, 9.17) is 16.7 Å². The minimum absolute atomic E-state index is 0.0405. The van der Waals surface area contributed by atoms with Crippen molar-refractivity contribution in [2.24, 2.45) is 0 Å². The Morgan fingerprint density at radius 3 is 2.33 bits per heavy atom. The first-order valence-corrected chi connectivity index (χ1v) is 8.22. The van der Waals surface area contributed by atoms with Gasteiger partial charge in [0, 0.05) is 17.0 Å². The number of carbonyl (C=O) groups is 2. The largest absolute Gasteiger partial charge is 0.478 e. The van der Waals surface area contributed by atoms with Crippen molar-refractivity contribution in [2.75, 3.05) is 6.54 Å². The summed E-state index contributed by atoms with van der Waals surface area (Å²) in [4.78, 5) is 23.0. The molecule has 1 fully saturated rings. The number of hydrogen-bond acceptors (Lipinski definition) is 2. The van der Waals surface area contributed by atoms with Crippen LogP contribution in [0.25, 0.3) is 0 Å². The van der Waals surface area contributed by atoms with E-state index < -0.39 is 5.97 Å². The van der Waals surface area contributed by atoms with Gasteiger partial charge in [0.2, 0.25) is 5.91 Å². The van der Waals surface area contributed by atoms with Crippen LogP contribution >= 0.6 is 11.6 Å². The summed E-state index contributed by atoms with van der Waals surface area (Å²) >= 11 is 6.27. The zero-order valence-electron chi connectivity index (χ0n) is 13.1. The standard InChI is InChI=1S/C19H18ClNO3/c20-16-4-2-1-3-15(16)19(9-10-19)12-21-17(22)11-13-5-7-14(8-6-13)18(23)24/h1-8H,9-12H2,(H,21,22)(H,23,24). The van der Waals surface area contributed by atoms with Crippen LogP contribution in [0.15, 0.2) is 48.5 Å². The van der Waals surface area contributed by atoms with Crippen molar-refractivity contribution < 1.29 is 14.7 Å². The smallest absolute Gasteiger partial charge is 0.335 e. The molecule has 5 heteroatoms. The van der Waals surface area contributed by atoms with Gasteiger partial charge in [-0.15, -0.1) is 0 Å². The highest BCUT2D eigenvalue weighted by Crippen LogP contribution is 2.49. The van der Waals surface area contributed by atoms with Crippen molar-refractivity contribution in [3.05, 3.63) is 70.2 Å². The van der Waals surface area contributed by atoms with Gasteiger partial charge in [0.1, 0.15) is 0 Å². The molecule has 1 aliphatic carbocycles. The van der Waals surface area contributed by atoms with E-state index in [1.54, 1.807) is 12.1 Å². The molecule has 3 rings (SSSR count). The maximum atomic E-state index is 12.2. The fourth-order valence-electron chi connectivity index (χ4n) is 2.86. The number of amides is 1. The maximum absolute atomic E-state index is 12.2. The van der Waals surface area contributed by atoms with Crippen LogP contribution in [0.5, 0.6) is 0 Å². The topological polar surface area (TPSA) is 66.4 Å². The molecule has 0 radical (unpaired) electrons. The lowest BCUT2D eigenvalue weighted by atomic mass is 9.95. The van der Waals surface area contributed by atoms with Crippen molar-refractivity contribution in [1.82, 2.24) is 5.32 Å². The van der Waals surface area contributed by atoms with E-state index in [9.17, 15) is 9.59 Å². The summed E-state index contributed by atoms with van der Waals surface area (Å²) in [7, 11) is 0. The van der Waals surface area contributed by atoms with Crippen LogP contribution in [0, 0.1) is 0 Å². The Bertz CT molecular complexity index is 766. The molecule has 0 unspecified atom stereocenters. The van der Waals surface area contributed by atoms with E-state index in [-0.39, 0.29) is 23.3 Å². The van der Waals surface area contributed by atoms with E-state index in [2.05, 4.69) is 5.32 Å². The molecule has 1 saturated carbocycles. The van der Waals surface area contributed by atoms with Gasteiger partial charge >= 0.3 is 5.97 Å². The first-order chi connectivity index (χ1) is 11.5. The average molecular weight is 344 g/mol. The second kappa shape index (κ2) is 6.65. The molecule has 0 atom stereocenters. The van der Waals surface area contributed by atoms with Gasteiger partial charge in [0.05, 0.1) is 12.0 Å². The highest BCUT2D eigenvalue weighted by atomic mass is 35.5. The maximum Gasteiger partial charge on any atom is 0.335 e. The third-order valence-corrected chi connectivity index (χ3v) is 4.82. The third kappa shape index (κ3) is 3.60. The monoisotopic (exact) mass is 343 g/mol. The Labute approximate surface area is 145 Å². The predicted molar refractivity (Wildman–Crippen MR) is 92.5 cm³/mol. The van der Waals surface area contributed by atoms with E-state index in [1.807, 2.05) is 24.3 Å². The normalized spacial score (nSPS) is 14.9. The van der Waals surface area contributed by atoms with Crippen LogP contribution in [0.3, 0.4) is 0 Å². The van der Waals surface area contributed by atoms with Crippen LogP contribution in [0.1, 0.15) is 34.3 Å². The summed E-state index contributed by atoms with van der Waals surface area (Å²) < 4.78 is 0. The molecule has 0 spiro atoms. The average Bonchev–Trinajstić information content (AvgIpc) is 3.35. The Kier molecular flexibility index (Phi) is 4.58. The van der Waals surface area contributed by atoms with E-state index >= 15 is 0 Å². The van der Waals surface area contributed by atoms with Gasteiger partial charge in [-0.1, -0.05) is 41.9 Å². The minimum atomic E-state index is -0.971. The molecule has 2 N–H and O–H groups in total. The minimum Gasteiger partial charge on any atom is -0.478 e. The lowest BCUT2D eigenvalue weighted by Gasteiger charge is -2.18. The molecular formula is C19H18ClNO3. The second-order valence-corrected chi connectivity index (χ2v) is 6.62. The number of carboxylic acids is 1. The molecule has 24 heavy (non-hydrogen) atoms. The summed E-state index contributed by atoms with van der Waals surface area (Å²) in [6, 6.07) is 14.1. The SMILES string of the molecule is O=C(Cc1ccc(C(=O)O)cc1)NCC1(c2ccccc2Cl)CC1. The number of rotatable bonds is 6. The van der Waals surface area contributed by atoms with Crippen LogP contribution in [-0.2, 0) is 16.6 Å². The van der Waals surface area contributed by atoms with Crippen molar-refractivity contribution >= 4 is 23.5 Å². The molecule has 0 aromatic heterocycles. The summed E-state index contributed by atoms with van der Waals surface area (Å²) in [6.45, 7) is 0.572. The summed E-state index contributed by atoms with van der Waals surface area (Å²) in [5, 5.41) is 12.6. The van der Waals surface area contributed by atoms with Crippen LogP contribution in [-0.4, -0.2) is 23.5 Å². The molecule has 1 aliphatic rings. The fourth-order valence-corrected chi connectivity index (χ4v) is 3.20. The molecular weight excluding hydrogens is 326 g/mol. The lowest BCUT2D eigenvalue weighted by Crippen LogP contribution is -2.33. The Balaban J connectivity index is 1.58. The van der Waals surface area contributed by atoms with Gasteiger partial charge in [-0.3, -0.25) is 4.79 Å². The van der Waals surface area contributed by atoms with Crippen molar-refractivity contribution in [1.29, 1.82) is 0 Å². The lowest BCUT2D eigenvalue weighted by molar-refractivity contribution is -0.120. The number of benzene rings is 2. The summed E-state index contributed by atoms with van der Waals surface area (Å²) in [5.41, 5.74) is 2.06. The predicted octanol–water partition coefficient (Wildman–Crippen LogP) is 3.43. The number of hydrogen-bond donors (Lipinski definition) is 2. The second-order valence-electron chi connectivity index (χ2n) is 6.22. The Morgan fingerprint density at radius 1 is 1.08 bits per heavy atom. The molecule has 2 aromatic rings. The summed E-state index contributed by atoms with van der Waals surface area (Å²) in [6.07, 6.45) is 2.27. The number of carboxylic acid groups (broad SMARTS) is 1. The third-order valence-electron chi connectivity index (χ3n) is 4.49. The highest BCUT2D eigenvalue weighted by Gasteiger charge is 2.45. The zero-order valence-corrected chi connectivity index (χ0v) is 13.8. The van der Waals surface area contributed by atoms with Gasteiger partial charge in [-0.05, 0) is 42.2 Å². The van der Waals surface area contributed by atoms with E-state index in [0.29, 0.717) is 6.54 Å². The zero-order chi connectivity index (χ0) is 17.2. The van der Waals surface area contributed by atoms with E-state index in [1.165, 1.54) is 12.1 Å². The molecule has 124 valence electrons. The van der Waals surface area contributed by atoms with Crippen LogP contribution in [0.4, 0.5) is 0 Å². The first-order valence-electron chi connectivity index (χ1n) is 7.84. The van der Waals surface area contributed by atoms with Gasteiger partial charge in [0.15, 0.2) is 0 Å². The van der Waals surface area contributed by atoms with Gasteiger partial charge in [-0.25, -0.2) is 4.79 Å². The molecule has 1 amide bonds. The molecule has 2 aromatic carbocycles. The van der Waals surface area contributed by atoms with Gasteiger partial charge in [0.25, 0.3) is 0 Å². The molecule has 0 bridgehead atoms. The number of carbonyl (C=O) groups excluding carboxylic acids is 1. The Morgan fingerprint density at radius 2 is 1.75 bits per heavy atom. The molecule has 0 saturated heterocycles. The Hall–Kier alpha value is -2.33. The van der Waals surface area contributed by atoms with Crippen molar-refractivity contribution in [3.63, 3.8) is 0 Å². The summed E-state index contributed by atoms with van der Waals surface area (Å²) in [5.74, 6) is -1.04.